The monoisotopic (exact) mass is 194 g/mol. The van der Waals surface area contributed by atoms with Gasteiger partial charge < -0.3 is 11.1 Å². The van der Waals surface area contributed by atoms with Gasteiger partial charge in [-0.2, -0.15) is 5.10 Å². The molecule has 1 aromatic heterocycles. The summed E-state index contributed by atoms with van der Waals surface area (Å²) in [7, 11) is 0. The minimum Gasteiger partial charge on any atom is -0.351 e. The fourth-order valence-electron chi connectivity index (χ4n) is 1.91. The van der Waals surface area contributed by atoms with Crippen LogP contribution >= 0.6 is 0 Å². The summed E-state index contributed by atoms with van der Waals surface area (Å²) in [5.41, 5.74) is 5.67. The topological polar surface area (TPSA) is 72.9 Å². The summed E-state index contributed by atoms with van der Waals surface area (Å²) in [6.07, 6.45) is 8.35. The Bertz CT molecular complexity index is 327. The first-order chi connectivity index (χ1) is 6.75. The van der Waals surface area contributed by atoms with Crippen LogP contribution in [0.4, 0.5) is 10.5 Å². The molecule has 14 heavy (non-hydrogen) atoms. The smallest absolute Gasteiger partial charge is 0.316 e. The van der Waals surface area contributed by atoms with Crippen LogP contribution in [0.5, 0.6) is 0 Å². The van der Waals surface area contributed by atoms with Crippen molar-refractivity contribution in [1.82, 2.24) is 9.78 Å². The van der Waals surface area contributed by atoms with Crippen molar-refractivity contribution in [3.05, 3.63) is 12.4 Å². The summed E-state index contributed by atoms with van der Waals surface area (Å²) < 4.78 is 1.91. The van der Waals surface area contributed by atoms with Gasteiger partial charge in [-0.15, -0.1) is 0 Å². The molecule has 2 rings (SSSR count). The number of carbonyl (C=O) groups is 1. The average Bonchev–Trinajstić information content (AvgIpc) is 2.69. The number of hydrogen-bond acceptors (Lipinski definition) is 2. The van der Waals surface area contributed by atoms with Gasteiger partial charge in [0.15, 0.2) is 0 Å². The molecule has 1 saturated carbocycles. The van der Waals surface area contributed by atoms with Gasteiger partial charge in [-0.3, -0.25) is 4.68 Å². The quantitative estimate of drug-likeness (QED) is 0.748. The zero-order valence-electron chi connectivity index (χ0n) is 7.94. The summed E-state index contributed by atoms with van der Waals surface area (Å²) in [5.74, 6) is 0. The van der Waals surface area contributed by atoms with E-state index in [2.05, 4.69) is 10.4 Å². The largest absolute Gasteiger partial charge is 0.351 e. The lowest BCUT2D eigenvalue weighted by Gasteiger charge is -2.08. The molecule has 1 aliphatic rings. The molecule has 0 saturated heterocycles. The summed E-state index contributed by atoms with van der Waals surface area (Å²) in [6.45, 7) is 0. The van der Waals surface area contributed by atoms with Gasteiger partial charge in [0.05, 0.1) is 17.9 Å². The summed E-state index contributed by atoms with van der Waals surface area (Å²) in [6, 6.07) is -0.0469. The molecule has 0 radical (unpaired) electrons. The molecular weight excluding hydrogens is 180 g/mol. The number of nitrogens with zero attached hydrogens (tertiary/aromatic N) is 2. The number of nitrogens with two attached hydrogens (primary N) is 1. The van der Waals surface area contributed by atoms with E-state index in [-0.39, 0.29) is 0 Å². The van der Waals surface area contributed by atoms with Crippen LogP contribution in [-0.2, 0) is 0 Å². The first-order valence-corrected chi connectivity index (χ1v) is 4.86. The maximum Gasteiger partial charge on any atom is 0.316 e. The Hall–Kier alpha value is -1.52. The van der Waals surface area contributed by atoms with Crippen molar-refractivity contribution >= 4 is 11.7 Å². The van der Waals surface area contributed by atoms with Crippen LogP contribution in [0.1, 0.15) is 31.7 Å². The van der Waals surface area contributed by atoms with Crippen LogP contribution in [0, 0.1) is 0 Å². The summed E-state index contributed by atoms with van der Waals surface area (Å²) in [5, 5.41) is 6.70. The third-order valence-electron chi connectivity index (χ3n) is 2.57. The highest BCUT2D eigenvalue weighted by Gasteiger charge is 2.17. The van der Waals surface area contributed by atoms with Gasteiger partial charge in [-0.05, 0) is 12.8 Å². The molecule has 2 amide bonds. The molecule has 5 heteroatoms. The van der Waals surface area contributed by atoms with Gasteiger partial charge in [-0.25, -0.2) is 4.79 Å². The minimum absolute atomic E-state index is 0.499. The molecule has 0 aliphatic heterocycles. The summed E-state index contributed by atoms with van der Waals surface area (Å²) >= 11 is 0. The van der Waals surface area contributed by atoms with Crippen molar-refractivity contribution in [2.75, 3.05) is 5.32 Å². The molecule has 0 bridgehead atoms. The second-order valence-electron chi connectivity index (χ2n) is 3.64. The van der Waals surface area contributed by atoms with Crippen LogP contribution in [0.15, 0.2) is 12.4 Å². The van der Waals surface area contributed by atoms with Crippen molar-refractivity contribution in [2.45, 2.75) is 31.7 Å². The number of carbonyl (C=O) groups excluding carboxylic acids is 1. The zero-order chi connectivity index (χ0) is 9.97. The lowest BCUT2D eigenvalue weighted by Crippen LogP contribution is -2.18. The van der Waals surface area contributed by atoms with E-state index >= 15 is 0 Å². The van der Waals surface area contributed by atoms with Crippen molar-refractivity contribution in [3.8, 4) is 0 Å². The second-order valence-corrected chi connectivity index (χ2v) is 3.64. The number of aromatic nitrogens is 2. The molecule has 0 atom stereocenters. The Kier molecular flexibility index (Phi) is 2.39. The van der Waals surface area contributed by atoms with Gasteiger partial charge in [0, 0.05) is 6.20 Å². The van der Waals surface area contributed by atoms with Gasteiger partial charge in [0.1, 0.15) is 0 Å². The predicted octanol–water partition coefficient (Wildman–Crippen LogP) is 1.49. The third kappa shape index (κ3) is 1.86. The van der Waals surface area contributed by atoms with E-state index in [0.29, 0.717) is 11.7 Å². The van der Waals surface area contributed by atoms with Gasteiger partial charge >= 0.3 is 6.03 Å². The van der Waals surface area contributed by atoms with Crippen molar-refractivity contribution < 1.29 is 4.79 Å². The fraction of sp³-hybridized carbons (Fsp3) is 0.556. The molecule has 1 fully saturated rings. The number of hydrogen-bond donors (Lipinski definition) is 2. The molecule has 1 aromatic rings. The second kappa shape index (κ2) is 3.69. The van der Waals surface area contributed by atoms with Crippen molar-refractivity contribution in [2.24, 2.45) is 5.73 Å². The van der Waals surface area contributed by atoms with Crippen molar-refractivity contribution in [3.63, 3.8) is 0 Å². The van der Waals surface area contributed by atoms with E-state index in [0.717, 1.165) is 0 Å². The number of nitrogens with one attached hydrogen (secondary N) is 1. The zero-order valence-corrected chi connectivity index (χ0v) is 7.94. The maximum atomic E-state index is 10.6. The summed E-state index contributed by atoms with van der Waals surface area (Å²) in [4.78, 5) is 10.6. The molecule has 0 spiro atoms. The Morgan fingerprint density at radius 2 is 2.29 bits per heavy atom. The van der Waals surface area contributed by atoms with E-state index in [1.165, 1.54) is 25.7 Å². The lowest BCUT2D eigenvalue weighted by atomic mass is 10.3. The number of primary amides is 1. The number of rotatable bonds is 2. The molecule has 5 nitrogen and oxygen atoms in total. The number of anilines is 1. The molecule has 0 aromatic carbocycles. The SMILES string of the molecule is NC(=O)Nc1cnn(C2CCCC2)c1. The standard InChI is InChI=1S/C9H14N4O/c10-9(14)12-7-5-11-13(6-7)8-3-1-2-4-8/h5-6,8H,1-4H2,(H3,10,12,14). The van der Waals surface area contributed by atoms with Crippen LogP contribution < -0.4 is 11.1 Å². The lowest BCUT2D eigenvalue weighted by molar-refractivity contribution is 0.259. The van der Waals surface area contributed by atoms with Gasteiger partial charge in [0.2, 0.25) is 0 Å². The molecule has 76 valence electrons. The van der Waals surface area contributed by atoms with Gasteiger partial charge in [-0.1, -0.05) is 12.8 Å². The fourth-order valence-corrected chi connectivity index (χ4v) is 1.91. The highest BCUT2D eigenvalue weighted by molar-refractivity contribution is 5.87. The van der Waals surface area contributed by atoms with E-state index in [1.54, 1.807) is 6.20 Å². The average molecular weight is 194 g/mol. The first kappa shape index (κ1) is 9.05. The van der Waals surface area contributed by atoms with Crippen LogP contribution in [-0.4, -0.2) is 15.8 Å². The normalized spacial score (nSPS) is 17.1. The molecular formula is C9H14N4O. The van der Waals surface area contributed by atoms with Gasteiger partial charge in [0.25, 0.3) is 0 Å². The highest BCUT2D eigenvalue weighted by atomic mass is 16.2. The van der Waals surface area contributed by atoms with Crippen LogP contribution in [0.3, 0.4) is 0 Å². The first-order valence-electron chi connectivity index (χ1n) is 4.86. The van der Waals surface area contributed by atoms with E-state index in [9.17, 15) is 4.79 Å². The highest BCUT2D eigenvalue weighted by Crippen LogP contribution is 2.29. The Morgan fingerprint density at radius 1 is 1.57 bits per heavy atom. The van der Waals surface area contributed by atoms with Crippen LogP contribution in [0.25, 0.3) is 0 Å². The van der Waals surface area contributed by atoms with Crippen molar-refractivity contribution in [1.29, 1.82) is 0 Å². The molecule has 0 unspecified atom stereocenters. The maximum absolute atomic E-state index is 10.6. The number of amides is 2. The van der Waals surface area contributed by atoms with Crippen LogP contribution in [0.2, 0.25) is 0 Å². The minimum atomic E-state index is -0.545. The Morgan fingerprint density at radius 3 is 2.93 bits per heavy atom. The molecule has 3 N–H and O–H groups in total. The number of urea groups is 1. The van der Waals surface area contributed by atoms with E-state index < -0.39 is 6.03 Å². The molecule has 1 aliphatic carbocycles. The Balaban J connectivity index is 2.05. The third-order valence-corrected chi connectivity index (χ3v) is 2.57. The Labute approximate surface area is 82.3 Å². The van der Waals surface area contributed by atoms with E-state index in [4.69, 9.17) is 5.73 Å². The molecule has 1 heterocycles. The van der Waals surface area contributed by atoms with E-state index in [1.807, 2.05) is 10.9 Å². The predicted molar refractivity (Wildman–Crippen MR) is 52.9 cm³/mol.